The number of nitrogens with zero attached hydrogens (tertiary/aromatic N) is 2. The molecule has 20 heavy (non-hydrogen) atoms. The molecule has 0 saturated carbocycles. The fourth-order valence-corrected chi connectivity index (χ4v) is 4.14. The van der Waals surface area contributed by atoms with Crippen LogP contribution in [0.5, 0.6) is 0 Å². The summed E-state index contributed by atoms with van der Waals surface area (Å²) >= 11 is 5.80. The maximum Gasteiger partial charge on any atom is 0.243 e. The van der Waals surface area contributed by atoms with Crippen molar-refractivity contribution in [2.75, 3.05) is 39.3 Å². The largest absolute Gasteiger partial charge is 0.314 e. The van der Waals surface area contributed by atoms with Crippen LogP contribution < -0.4 is 5.32 Å². The zero-order valence-corrected chi connectivity index (χ0v) is 12.7. The van der Waals surface area contributed by atoms with Gasteiger partial charge in [0, 0.05) is 50.3 Å². The lowest BCUT2D eigenvalue weighted by atomic mass is 10.1. The molecule has 0 radical (unpaired) electrons. The lowest BCUT2D eigenvalue weighted by Gasteiger charge is -2.42. The minimum Gasteiger partial charge on any atom is -0.314 e. The monoisotopic (exact) mass is 315 g/mol. The molecule has 1 aromatic carbocycles. The minimum absolute atomic E-state index is 0.320. The van der Waals surface area contributed by atoms with E-state index in [9.17, 15) is 8.42 Å². The third kappa shape index (κ3) is 2.71. The van der Waals surface area contributed by atoms with Crippen LogP contribution in [0.2, 0.25) is 5.02 Å². The highest BCUT2D eigenvalue weighted by Gasteiger charge is 2.32. The molecule has 0 aliphatic carbocycles. The average Bonchev–Trinajstić information content (AvgIpc) is 2.38. The number of hydrogen-bond acceptors (Lipinski definition) is 4. The van der Waals surface area contributed by atoms with Crippen LogP contribution in [0.3, 0.4) is 0 Å². The quantitative estimate of drug-likeness (QED) is 0.888. The van der Waals surface area contributed by atoms with Crippen molar-refractivity contribution in [3.63, 3.8) is 0 Å². The van der Waals surface area contributed by atoms with Gasteiger partial charge in [-0.2, -0.15) is 4.31 Å². The van der Waals surface area contributed by atoms with Crippen LogP contribution in [-0.2, 0) is 10.0 Å². The standard InChI is InChI=1S/C13H18ClN3O2S/c14-11-1-3-13(4-2-11)20(18,19)17-7-5-16(6-8-17)12-9-15-10-12/h1-4,12,15H,5-10H2. The van der Waals surface area contributed by atoms with Gasteiger partial charge in [0.15, 0.2) is 0 Å². The van der Waals surface area contributed by atoms with Crippen LogP contribution in [-0.4, -0.2) is 62.9 Å². The molecule has 5 nitrogen and oxygen atoms in total. The topological polar surface area (TPSA) is 52.7 Å². The summed E-state index contributed by atoms with van der Waals surface area (Å²) < 4.78 is 26.6. The Bertz CT molecular complexity index is 564. The van der Waals surface area contributed by atoms with Gasteiger partial charge in [-0.3, -0.25) is 4.90 Å². The SMILES string of the molecule is O=S(=O)(c1ccc(Cl)cc1)N1CCN(C2CNC2)CC1. The minimum atomic E-state index is -3.38. The smallest absolute Gasteiger partial charge is 0.243 e. The summed E-state index contributed by atoms with van der Waals surface area (Å²) in [5, 5.41) is 3.79. The van der Waals surface area contributed by atoms with Gasteiger partial charge in [0.1, 0.15) is 0 Å². The summed E-state index contributed by atoms with van der Waals surface area (Å²) in [6.07, 6.45) is 0. The van der Waals surface area contributed by atoms with Crippen LogP contribution in [0.15, 0.2) is 29.2 Å². The Morgan fingerprint density at radius 2 is 1.65 bits per heavy atom. The molecule has 7 heteroatoms. The number of piperazine rings is 1. The van der Waals surface area contributed by atoms with Crippen LogP contribution in [0, 0.1) is 0 Å². The molecule has 2 fully saturated rings. The number of nitrogens with one attached hydrogen (secondary N) is 1. The molecule has 0 amide bonds. The Morgan fingerprint density at radius 3 is 2.15 bits per heavy atom. The number of rotatable bonds is 3. The molecule has 2 saturated heterocycles. The second-order valence-electron chi connectivity index (χ2n) is 5.21. The number of sulfonamides is 1. The summed E-state index contributed by atoms with van der Waals surface area (Å²) in [6.45, 7) is 4.76. The van der Waals surface area contributed by atoms with Crippen molar-refractivity contribution in [2.24, 2.45) is 0 Å². The Balaban J connectivity index is 1.68. The second kappa shape index (κ2) is 5.61. The van der Waals surface area contributed by atoms with Crippen molar-refractivity contribution in [3.05, 3.63) is 29.3 Å². The van der Waals surface area contributed by atoms with Gasteiger partial charge in [-0.15, -0.1) is 0 Å². The average molecular weight is 316 g/mol. The van der Waals surface area contributed by atoms with E-state index in [0.29, 0.717) is 29.0 Å². The molecule has 0 atom stereocenters. The van der Waals surface area contributed by atoms with E-state index in [2.05, 4.69) is 10.2 Å². The van der Waals surface area contributed by atoms with E-state index in [1.165, 1.54) is 0 Å². The normalized spacial score (nSPS) is 22.6. The highest BCUT2D eigenvalue weighted by molar-refractivity contribution is 7.89. The Kier molecular flexibility index (Phi) is 4.01. The molecule has 3 rings (SSSR count). The van der Waals surface area contributed by atoms with Gasteiger partial charge in [0.25, 0.3) is 0 Å². The molecule has 2 heterocycles. The molecule has 1 aromatic rings. The number of benzene rings is 1. The third-order valence-electron chi connectivity index (χ3n) is 4.00. The Morgan fingerprint density at radius 1 is 1.05 bits per heavy atom. The van der Waals surface area contributed by atoms with Gasteiger partial charge in [-0.05, 0) is 24.3 Å². The van der Waals surface area contributed by atoms with Crippen LogP contribution in [0.25, 0.3) is 0 Å². The zero-order valence-electron chi connectivity index (χ0n) is 11.1. The molecule has 0 bridgehead atoms. The molecule has 0 aromatic heterocycles. The fourth-order valence-electron chi connectivity index (χ4n) is 2.60. The number of hydrogen-bond donors (Lipinski definition) is 1. The Labute approximate surface area is 124 Å². The maximum absolute atomic E-state index is 12.5. The van der Waals surface area contributed by atoms with Crippen molar-refractivity contribution in [3.8, 4) is 0 Å². The molecular weight excluding hydrogens is 298 g/mol. The van der Waals surface area contributed by atoms with Crippen LogP contribution in [0.4, 0.5) is 0 Å². The summed E-state index contributed by atoms with van der Waals surface area (Å²) in [7, 11) is -3.38. The molecule has 2 aliphatic heterocycles. The summed E-state index contributed by atoms with van der Waals surface area (Å²) in [5.41, 5.74) is 0. The molecule has 0 unspecified atom stereocenters. The van der Waals surface area contributed by atoms with Gasteiger partial charge in [-0.1, -0.05) is 11.6 Å². The van der Waals surface area contributed by atoms with Crippen molar-refractivity contribution < 1.29 is 8.42 Å². The van der Waals surface area contributed by atoms with Crippen molar-refractivity contribution >= 4 is 21.6 Å². The molecule has 1 N–H and O–H groups in total. The fraction of sp³-hybridized carbons (Fsp3) is 0.538. The van der Waals surface area contributed by atoms with E-state index in [1.54, 1.807) is 28.6 Å². The molecule has 0 spiro atoms. The van der Waals surface area contributed by atoms with Crippen molar-refractivity contribution in [1.29, 1.82) is 0 Å². The first-order chi connectivity index (χ1) is 9.57. The Hall–Kier alpha value is -0.660. The maximum atomic E-state index is 12.5. The van der Waals surface area contributed by atoms with Crippen molar-refractivity contribution in [2.45, 2.75) is 10.9 Å². The summed E-state index contributed by atoms with van der Waals surface area (Å²) in [5.74, 6) is 0. The summed E-state index contributed by atoms with van der Waals surface area (Å²) in [4.78, 5) is 2.69. The van der Waals surface area contributed by atoms with E-state index in [-0.39, 0.29) is 0 Å². The van der Waals surface area contributed by atoms with Crippen molar-refractivity contribution in [1.82, 2.24) is 14.5 Å². The molecular formula is C13H18ClN3O2S. The van der Waals surface area contributed by atoms with Gasteiger partial charge in [-0.25, -0.2) is 8.42 Å². The molecule has 2 aliphatic rings. The van der Waals surface area contributed by atoms with Gasteiger partial charge in [0.05, 0.1) is 4.90 Å². The zero-order chi connectivity index (χ0) is 14.2. The second-order valence-corrected chi connectivity index (χ2v) is 7.58. The highest BCUT2D eigenvalue weighted by Crippen LogP contribution is 2.20. The lowest BCUT2D eigenvalue weighted by Crippen LogP contribution is -2.62. The van der Waals surface area contributed by atoms with E-state index < -0.39 is 10.0 Å². The predicted octanol–water partition coefficient (Wildman–Crippen LogP) is 0.618. The van der Waals surface area contributed by atoms with E-state index >= 15 is 0 Å². The predicted molar refractivity (Wildman–Crippen MR) is 78.4 cm³/mol. The van der Waals surface area contributed by atoms with Gasteiger partial charge < -0.3 is 5.32 Å². The van der Waals surface area contributed by atoms with E-state index in [4.69, 9.17) is 11.6 Å². The molecule has 110 valence electrons. The van der Waals surface area contributed by atoms with E-state index in [0.717, 1.165) is 26.2 Å². The van der Waals surface area contributed by atoms with Crippen LogP contribution in [0.1, 0.15) is 0 Å². The lowest BCUT2D eigenvalue weighted by molar-refractivity contribution is 0.103. The first kappa shape index (κ1) is 14.3. The summed E-state index contributed by atoms with van der Waals surface area (Å²) in [6, 6.07) is 6.95. The number of halogens is 1. The van der Waals surface area contributed by atoms with Gasteiger partial charge in [0.2, 0.25) is 10.0 Å². The van der Waals surface area contributed by atoms with Crippen LogP contribution >= 0.6 is 11.6 Å². The highest BCUT2D eigenvalue weighted by atomic mass is 35.5. The van der Waals surface area contributed by atoms with Gasteiger partial charge >= 0.3 is 0 Å². The van der Waals surface area contributed by atoms with E-state index in [1.807, 2.05) is 0 Å². The first-order valence-corrected chi connectivity index (χ1v) is 8.60. The third-order valence-corrected chi connectivity index (χ3v) is 6.17. The first-order valence-electron chi connectivity index (χ1n) is 6.78.